The Kier molecular flexibility index (Phi) is 3.85. The highest BCUT2D eigenvalue weighted by atomic mass is 35.5. The van der Waals surface area contributed by atoms with Crippen LogP contribution in [0.4, 0.5) is 5.69 Å². The molecule has 2 nitrogen and oxygen atoms in total. The number of rotatable bonds is 1. The molecule has 0 aliphatic carbocycles. The lowest BCUT2D eigenvalue weighted by atomic mass is 10.2. The third kappa shape index (κ3) is 2.69. The molecule has 4 heteroatoms. The van der Waals surface area contributed by atoms with E-state index >= 15 is 0 Å². The summed E-state index contributed by atoms with van der Waals surface area (Å²) in [5.74, 6) is 4.89. The zero-order chi connectivity index (χ0) is 10.4. The number of aliphatic imine (C=N–C) groups is 1. The van der Waals surface area contributed by atoms with Crippen LogP contribution in [0.1, 0.15) is 5.56 Å². The van der Waals surface area contributed by atoms with E-state index in [1.54, 1.807) is 24.3 Å². The van der Waals surface area contributed by atoms with E-state index in [-0.39, 0.29) is 0 Å². The van der Waals surface area contributed by atoms with Gasteiger partial charge < -0.3 is 0 Å². The van der Waals surface area contributed by atoms with Crippen LogP contribution in [0.3, 0.4) is 0 Å². The van der Waals surface area contributed by atoms with Gasteiger partial charge >= 0.3 is 0 Å². The molecule has 1 aromatic carbocycles. The standard InChI is InChI=1S/C10H3ClN2S/c11-9-6-8(2-1-5-12)3-4-10(9)13-7-14/h3-4,6H. The van der Waals surface area contributed by atoms with Crippen LogP contribution >= 0.6 is 23.8 Å². The second-order valence-corrected chi connectivity index (χ2v) is 2.82. The van der Waals surface area contributed by atoms with E-state index in [4.69, 9.17) is 16.9 Å². The smallest absolute Gasteiger partial charge is 0.152 e. The normalized spacial score (nSPS) is 7.71. The summed E-state index contributed by atoms with van der Waals surface area (Å²) < 4.78 is 0. The number of hydrogen-bond acceptors (Lipinski definition) is 3. The van der Waals surface area contributed by atoms with Gasteiger partial charge in [0, 0.05) is 11.5 Å². The molecule has 0 aliphatic rings. The van der Waals surface area contributed by atoms with E-state index in [0.717, 1.165) is 0 Å². The molecule has 0 aliphatic heterocycles. The second-order valence-electron chi connectivity index (χ2n) is 2.23. The monoisotopic (exact) mass is 218 g/mol. The molecule has 0 bridgehead atoms. The maximum atomic E-state index is 8.24. The van der Waals surface area contributed by atoms with Crippen molar-refractivity contribution in [3.8, 4) is 17.9 Å². The number of hydrogen-bond donors (Lipinski definition) is 0. The van der Waals surface area contributed by atoms with Gasteiger partial charge in [0.2, 0.25) is 0 Å². The topological polar surface area (TPSA) is 36.1 Å². The Morgan fingerprint density at radius 3 is 2.79 bits per heavy atom. The molecule has 0 N–H and O–H groups in total. The van der Waals surface area contributed by atoms with E-state index < -0.39 is 0 Å². The fourth-order valence-electron chi connectivity index (χ4n) is 0.825. The lowest BCUT2D eigenvalue weighted by Gasteiger charge is -1.95. The molecule has 0 saturated carbocycles. The minimum Gasteiger partial charge on any atom is -0.193 e. The number of nitriles is 1. The number of benzene rings is 1. The second kappa shape index (κ2) is 5.17. The molecule has 1 aromatic rings. The van der Waals surface area contributed by atoms with Crippen molar-refractivity contribution in [1.82, 2.24) is 0 Å². The van der Waals surface area contributed by atoms with Gasteiger partial charge in [-0.3, -0.25) is 0 Å². The van der Waals surface area contributed by atoms with Crippen molar-refractivity contribution in [1.29, 1.82) is 5.26 Å². The van der Waals surface area contributed by atoms with Crippen molar-refractivity contribution in [3.05, 3.63) is 28.8 Å². The lowest BCUT2D eigenvalue weighted by molar-refractivity contribution is 1.53. The number of isothiocyanates is 1. The largest absolute Gasteiger partial charge is 0.193 e. The summed E-state index contributed by atoms with van der Waals surface area (Å²) in [6.45, 7) is 0. The highest BCUT2D eigenvalue weighted by Gasteiger charge is 1.97. The molecule has 1 rings (SSSR count). The van der Waals surface area contributed by atoms with E-state index in [1.807, 2.05) is 0 Å². The Balaban J connectivity index is 3.13. The third-order valence-electron chi connectivity index (χ3n) is 1.38. The van der Waals surface area contributed by atoms with Crippen molar-refractivity contribution in [3.63, 3.8) is 0 Å². The molecular weight excluding hydrogens is 216 g/mol. The van der Waals surface area contributed by atoms with Crippen molar-refractivity contribution in [2.75, 3.05) is 0 Å². The highest BCUT2D eigenvalue weighted by molar-refractivity contribution is 7.78. The molecule has 0 unspecified atom stereocenters. The average molecular weight is 219 g/mol. The van der Waals surface area contributed by atoms with Crippen molar-refractivity contribution >= 4 is 34.7 Å². The maximum absolute atomic E-state index is 8.24. The predicted octanol–water partition coefficient (Wildman–Crippen LogP) is 2.95. The quantitative estimate of drug-likeness (QED) is 0.413. The summed E-state index contributed by atoms with van der Waals surface area (Å²) in [6, 6.07) is 6.72. The van der Waals surface area contributed by atoms with Gasteiger partial charge in [0.1, 0.15) is 0 Å². The van der Waals surface area contributed by atoms with Crippen LogP contribution in [0.15, 0.2) is 23.2 Å². The van der Waals surface area contributed by atoms with Crippen LogP contribution in [0, 0.1) is 23.2 Å². The van der Waals surface area contributed by atoms with Gasteiger partial charge in [-0.05, 0) is 30.4 Å². The molecule has 0 spiro atoms. The molecule has 0 amide bonds. The van der Waals surface area contributed by atoms with Crippen molar-refractivity contribution < 1.29 is 0 Å². The van der Waals surface area contributed by atoms with E-state index in [0.29, 0.717) is 16.3 Å². The van der Waals surface area contributed by atoms with E-state index in [1.165, 1.54) is 0 Å². The summed E-state index contributed by atoms with van der Waals surface area (Å²) in [5, 5.41) is 10.9. The van der Waals surface area contributed by atoms with Crippen LogP contribution < -0.4 is 0 Å². The summed E-state index contributed by atoms with van der Waals surface area (Å²) in [5.41, 5.74) is 1.21. The fraction of sp³-hybridized carbons (Fsp3) is 0. The molecule has 0 aromatic heterocycles. The molecule has 66 valence electrons. The number of halogens is 1. The minimum atomic E-state index is 0.437. The summed E-state index contributed by atoms with van der Waals surface area (Å²) in [7, 11) is 0. The Bertz CT molecular complexity index is 499. The van der Waals surface area contributed by atoms with Gasteiger partial charge in [0.15, 0.2) is 6.07 Å². The van der Waals surface area contributed by atoms with Gasteiger partial charge in [-0.15, -0.1) is 0 Å². The van der Waals surface area contributed by atoms with E-state index in [2.05, 4.69) is 34.2 Å². The van der Waals surface area contributed by atoms with Gasteiger partial charge in [0.25, 0.3) is 0 Å². The first-order valence-corrected chi connectivity index (χ1v) is 4.34. The summed E-state index contributed by atoms with van der Waals surface area (Å²) in [6.07, 6.45) is 0. The summed E-state index contributed by atoms with van der Waals surface area (Å²) >= 11 is 10.3. The molecule has 0 saturated heterocycles. The van der Waals surface area contributed by atoms with Crippen molar-refractivity contribution in [2.24, 2.45) is 4.99 Å². The highest BCUT2D eigenvalue weighted by Crippen LogP contribution is 2.24. The van der Waals surface area contributed by atoms with Crippen LogP contribution in [-0.2, 0) is 0 Å². The molecular formula is C10H3ClN2S. The summed E-state index contributed by atoms with van der Waals surface area (Å²) in [4.78, 5) is 3.75. The maximum Gasteiger partial charge on any atom is 0.152 e. The van der Waals surface area contributed by atoms with Crippen molar-refractivity contribution in [2.45, 2.75) is 0 Å². The van der Waals surface area contributed by atoms with Gasteiger partial charge in [-0.1, -0.05) is 17.5 Å². The van der Waals surface area contributed by atoms with Gasteiger partial charge in [-0.25, -0.2) is 0 Å². The van der Waals surface area contributed by atoms with Crippen LogP contribution in [0.25, 0.3) is 0 Å². The predicted molar refractivity (Wildman–Crippen MR) is 58.6 cm³/mol. The molecule has 0 radical (unpaired) electrons. The zero-order valence-electron chi connectivity index (χ0n) is 6.91. The number of thiocarbonyl (C=S) groups is 1. The molecule has 0 heterocycles. The zero-order valence-corrected chi connectivity index (χ0v) is 8.49. The molecule has 14 heavy (non-hydrogen) atoms. The van der Waals surface area contributed by atoms with Gasteiger partial charge in [0.05, 0.1) is 15.9 Å². The van der Waals surface area contributed by atoms with Gasteiger partial charge in [-0.2, -0.15) is 10.3 Å². The Morgan fingerprint density at radius 1 is 1.43 bits per heavy atom. The first kappa shape index (κ1) is 10.4. The molecule has 0 fully saturated rings. The average Bonchev–Trinajstić information content (AvgIpc) is 2.19. The lowest BCUT2D eigenvalue weighted by Crippen LogP contribution is -1.74. The van der Waals surface area contributed by atoms with Crippen LogP contribution in [0.2, 0.25) is 5.02 Å². The minimum absolute atomic E-state index is 0.437. The first-order valence-electron chi connectivity index (χ1n) is 3.55. The Hall–Kier alpha value is -1.64. The van der Waals surface area contributed by atoms with E-state index in [9.17, 15) is 0 Å². The SMILES string of the molecule is N#CC#Cc1ccc(N=C=S)c(Cl)c1. The molecule has 0 atom stereocenters. The Morgan fingerprint density at radius 2 is 2.21 bits per heavy atom. The Labute approximate surface area is 91.8 Å². The van der Waals surface area contributed by atoms with Crippen LogP contribution in [0.5, 0.6) is 0 Å². The third-order valence-corrected chi connectivity index (χ3v) is 1.77. The van der Waals surface area contributed by atoms with Crippen LogP contribution in [-0.4, -0.2) is 5.16 Å². The first-order chi connectivity index (χ1) is 6.77. The fourth-order valence-corrected chi connectivity index (χ4v) is 1.15. The number of nitrogens with zero attached hydrogens (tertiary/aromatic N) is 2.